The van der Waals surface area contributed by atoms with Crippen LogP contribution in [0.5, 0.6) is 0 Å². The van der Waals surface area contributed by atoms with Crippen LogP contribution in [0.3, 0.4) is 0 Å². The van der Waals surface area contributed by atoms with Gasteiger partial charge in [0, 0.05) is 27.5 Å². The zero-order valence-corrected chi connectivity index (χ0v) is 28.4. The highest BCUT2D eigenvalue weighted by Crippen LogP contribution is 2.46. The molecule has 0 fully saturated rings. The molecule has 1 heterocycles. The topological polar surface area (TPSA) is 16.4 Å². The molecular weight excluding hydrogens is 631 g/mol. The third-order valence-electron chi connectivity index (χ3n) is 10.3. The maximum Gasteiger partial charge on any atom is 0.159 e. The van der Waals surface area contributed by atoms with Gasteiger partial charge >= 0.3 is 0 Å². The first-order valence-electron chi connectivity index (χ1n) is 17.8. The van der Waals surface area contributed by atoms with Crippen molar-refractivity contribution < 1.29 is 4.42 Å². The minimum atomic E-state index is 0.859. The molecule has 2 nitrogen and oxygen atoms in total. The molecular formula is C50H33NO. The van der Waals surface area contributed by atoms with Crippen molar-refractivity contribution in [2.24, 2.45) is 0 Å². The molecule has 0 N–H and O–H groups in total. The summed E-state index contributed by atoms with van der Waals surface area (Å²) in [7, 11) is 0. The molecule has 0 aliphatic rings. The summed E-state index contributed by atoms with van der Waals surface area (Å²) in [5.74, 6) is 0. The van der Waals surface area contributed by atoms with Gasteiger partial charge in [-0.15, -0.1) is 0 Å². The number of benzene rings is 9. The fraction of sp³-hybridized carbons (Fsp3) is 0. The summed E-state index contributed by atoms with van der Waals surface area (Å²) in [6.07, 6.45) is 0. The summed E-state index contributed by atoms with van der Waals surface area (Å²) in [6, 6.07) is 71.5. The van der Waals surface area contributed by atoms with E-state index in [9.17, 15) is 0 Å². The monoisotopic (exact) mass is 663 g/mol. The summed E-state index contributed by atoms with van der Waals surface area (Å²) in [5, 5.41) is 6.95. The molecule has 52 heavy (non-hydrogen) atoms. The molecule has 0 spiro atoms. The van der Waals surface area contributed by atoms with Gasteiger partial charge in [-0.2, -0.15) is 0 Å². The van der Waals surface area contributed by atoms with E-state index < -0.39 is 0 Å². The average molecular weight is 664 g/mol. The van der Waals surface area contributed by atoms with Gasteiger partial charge in [0.1, 0.15) is 5.58 Å². The Kier molecular flexibility index (Phi) is 7.18. The molecule has 0 aliphatic carbocycles. The zero-order chi connectivity index (χ0) is 34.4. The highest BCUT2D eigenvalue weighted by atomic mass is 16.3. The predicted octanol–water partition coefficient (Wildman–Crippen LogP) is 14.4. The van der Waals surface area contributed by atoms with Crippen molar-refractivity contribution in [3.05, 3.63) is 200 Å². The van der Waals surface area contributed by atoms with Gasteiger partial charge in [0.2, 0.25) is 0 Å². The molecule has 1 aromatic heterocycles. The normalized spacial score (nSPS) is 11.5. The van der Waals surface area contributed by atoms with Gasteiger partial charge in [-0.05, 0) is 92.0 Å². The van der Waals surface area contributed by atoms with Crippen LogP contribution in [0.2, 0.25) is 0 Å². The van der Waals surface area contributed by atoms with E-state index in [-0.39, 0.29) is 0 Å². The van der Waals surface area contributed by atoms with Crippen LogP contribution in [0.1, 0.15) is 0 Å². The van der Waals surface area contributed by atoms with E-state index in [2.05, 4.69) is 205 Å². The van der Waals surface area contributed by atoms with Crippen molar-refractivity contribution in [2.75, 3.05) is 4.90 Å². The lowest BCUT2D eigenvalue weighted by Gasteiger charge is -2.26. The molecule has 0 saturated carbocycles. The number of furan rings is 1. The number of hydrogen-bond donors (Lipinski definition) is 0. The third-order valence-corrected chi connectivity index (χ3v) is 10.3. The first kappa shape index (κ1) is 30.0. The van der Waals surface area contributed by atoms with Crippen molar-refractivity contribution in [2.45, 2.75) is 0 Å². The summed E-state index contributed by atoms with van der Waals surface area (Å²) < 4.78 is 7.03. The Morgan fingerprint density at radius 3 is 1.46 bits per heavy atom. The summed E-state index contributed by atoms with van der Waals surface area (Å²) in [6.45, 7) is 0. The third kappa shape index (κ3) is 5.12. The van der Waals surface area contributed by atoms with Crippen LogP contribution in [-0.4, -0.2) is 0 Å². The summed E-state index contributed by atoms with van der Waals surface area (Å²) in [4.78, 5) is 2.32. The average Bonchev–Trinajstić information content (AvgIpc) is 3.61. The van der Waals surface area contributed by atoms with E-state index in [1.54, 1.807) is 0 Å². The van der Waals surface area contributed by atoms with Gasteiger partial charge in [0.15, 0.2) is 5.58 Å². The Hall–Kier alpha value is -6.90. The second-order valence-corrected chi connectivity index (χ2v) is 13.3. The Morgan fingerprint density at radius 2 is 0.808 bits per heavy atom. The van der Waals surface area contributed by atoms with Crippen LogP contribution in [-0.2, 0) is 0 Å². The molecule has 0 unspecified atom stereocenters. The van der Waals surface area contributed by atoms with E-state index >= 15 is 0 Å². The van der Waals surface area contributed by atoms with Crippen molar-refractivity contribution in [1.82, 2.24) is 0 Å². The van der Waals surface area contributed by atoms with Crippen LogP contribution in [0.15, 0.2) is 205 Å². The van der Waals surface area contributed by atoms with Crippen molar-refractivity contribution in [3.63, 3.8) is 0 Å². The molecule has 0 saturated heterocycles. The van der Waals surface area contributed by atoms with Gasteiger partial charge < -0.3 is 9.32 Å². The largest absolute Gasteiger partial charge is 0.453 e. The molecule has 9 aromatic carbocycles. The number of fused-ring (bicyclic) bond motifs is 6. The van der Waals surface area contributed by atoms with E-state index in [1.807, 2.05) is 0 Å². The van der Waals surface area contributed by atoms with Gasteiger partial charge in [-0.1, -0.05) is 158 Å². The van der Waals surface area contributed by atoms with Crippen LogP contribution in [0, 0.1) is 0 Å². The highest BCUT2D eigenvalue weighted by molar-refractivity contribution is 6.21. The molecule has 10 aromatic rings. The minimum Gasteiger partial charge on any atom is -0.453 e. The number of para-hydroxylation sites is 1. The quantitative estimate of drug-likeness (QED) is 0.176. The Morgan fingerprint density at radius 1 is 0.308 bits per heavy atom. The van der Waals surface area contributed by atoms with Crippen molar-refractivity contribution in [1.29, 1.82) is 0 Å². The van der Waals surface area contributed by atoms with Crippen LogP contribution < -0.4 is 4.90 Å². The molecule has 0 aliphatic heterocycles. The Balaban J connectivity index is 1.18. The lowest BCUT2D eigenvalue weighted by molar-refractivity contribution is 0.673. The molecule has 0 radical (unpaired) electrons. The van der Waals surface area contributed by atoms with Gasteiger partial charge in [-0.3, -0.25) is 0 Å². The molecule has 2 heteroatoms. The fourth-order valence-electron chi connectivity index (χ4n) is 7.67. The highest BCUT2D eigenvalue weighted by Gasteiger charge is 2.22. The second-order valence-electron chi connectivity index (χ2n) is 13.3. The van der Waals surface area contributed by atoms with Gasteiger partial charge in [0.05, 0.1) is 5.69 Å². The zero-order valence-electron chi connectivity index (χ0n) is 28.4. The van der Waals surface area contributed by atoms with E-state index in [0.29, 0.717) is 0 Å². The first-order valence-corrected chi connectivity index (χ1v) is 17.8. The van der Waals surface area contributed by atoms with Crippen LogP contribution >= 0.6 is 0 Å². The number of nitrogens with zero attached hydrogens (tertiary/aromatic N) is 1. The van der Waals surface area contributed by atoms with E-state index in [4.69, 9.17) is 4.42 Å². The SMILES string of the molecule is c1ccc(-c2ccc(N(c3ccc(-c4ccccc4)cc3)c3cccc4c3oc3c5ccccc5c(-c5ccc6ccccc6c5)cc43)cc2)cc1. The fourth-order valence-corrected chi connectivity index (χ4v) is 7.67. The van der Waals surface area contributed by atoms with Gasteiger partial charge in [-0.25, -0.2) is 0 Å². The maximum absolute atomic E-state index is 7.03. The summed E-state index contributed by atoms with van der Waals surface area (Å²) in [5.41, 5.74) is 12.0. The molecule has 0 atom stereocenters. The van der Waals surface area contributed by atoms with Gasteiger partial charge in [0.25, 0.3) is 0 Å². The number of anilines is 3. The Bertz CT molecular complexity index is 2790. The first-order chi connectivity index (χ1) is 25.8. The molecule has 0 amide bonds. The standard InChI is InChI=1S/C50H33NO/c1-3-12-34(13-4-1)37-24-28-41(29-25-37)51(42-30-26-38(27-31-42)35-14-5-2-6-15-35)48-21-11-20-45-47-33-46(40-23-22-36-16-7-8-17-39(36)32-40)43-18-9-10-19-44(43)49(47)52-50(45)48/h1-33H. The lowest BCUT2D eigenvalue weighted by atomic mass is 9.94. The van der Waals surface area contributed by atoms with E-state index in [0.717, 1.165) is 44.4 Å². The van der Waals surface area contributed by atoms with E-state index in [1.165, 1.54) is 49.5 Å². The molecule has 244 valence electrons. The summed E-state index contributed by atoms with van der Waals surface area (Å²) >= 11 is 0. The van der Waals surface area contributed by atoms with Crippen LogP contribution in [0.25, 0.3) is 76.9 Å². The lowest BCUT2D eigenvalue weighted by Crippen LogP contribution is -2.10. The molecule has 0 bridgehead atoms. The number of rotatable bonds is 6. The van der Waals surface area contributed by atoms with Crippen molar-refractivity contribution >= 4 is 60.5 Å². The minimum absolute atomic E-state index is 0.859. The van der Waals surface area contributed by atoms with Crippen LogP contribution in [0.4, 0.5) is 17.1 Å². The smallest absolute Gasteiger partial charge is 0.159 e. The Labute approximate surface area is 302 Å². The predicted molar refractivity (Wildman–Crippen MR) is 220 cm³/mol. The number of hydrogen-bond acceptors (Lipinski definition) is 2. The second kappa shape index (κ2) is 12.5. The van der Waals surface area contributed by atoms with Crippen molar-refractivity contribution in [3.8, 4) is 33.4 Å². The molecule has 10 rings (SSSR count). The maximum atomic E-state index is 7.03.